The minimum atomic E-state index is -0.413. The Morgan fingerprint density at radius 1 is 1.53 bits per heavy atom. The molecule has 7 nitrogen and oxygen atoms in total. The molecule has 0 aliphatic carbocycles. The Morgan fingerprint density at radius 2 is 2.27 bits per heavy atom. The zero-order valence-electron chi connectivity index (χ0n) is 7.64. The number of aliphatic hydroxyl groups excluding tert-OH is 1. The van der Waals surface area contributed by atoms with Gasteiger partial charge in [0.1, 0.15) is 0 Å². The molecule has 0 aromatic carbocycles. The molecule has 2 aromatic rings. The zero-order chi connectivity index (χ0) is 11.0. The average Bonchev–Trinajstić information content (AvgIpc) is 2.46. The number of hydrogen-bond donors (Lipinski definition) is 4. The van der Waals surface area contributed by atoms with E-state index in [1.807, 2.05) is 0 Å². The van der Waals surface area contributed by atoms with E-state index in [9.17, 15) is 4.79 Å². The minimum absolute atomic E-state index is 0.0138. The third kappa shape index (κ3) is 1.57. The van der Waals surface area contributed by atoms with Crippen LogP contribution in [-0.4, -0.2) is 31.2 Å². The number of nitrogens with two attached hydrogens (primary N) is 1. The summed E-state index contributed by atoms with van der Waals surface area (Å²) >= 11 is 4.08. The van der Waals surface area contributed by atoms with Crippen molar-refractivity contribution in [3.63, 3.8) is 0 Å². The lowest BCUT2D eigenvalue weighted by atomic mass is 10.5. The summed E-state index contributed by atoms with van der Waals surface area (Å²) in [5.41, 5.74) is 5.49. The lowest BCUT2D eigenvalue weighted by Crippen LogP contribution is -2.12. The molecule has 0 unspecified atom stereocenters. The number of aromatic nitrogens is 4. The first-order valence-corrected chi connectivity index (χ1v) is 4.64. The molecule has 0 bridgehead atoms. The highest BCUT2D eigenvalue weighted by molar-refractivity contribution is 7.80. The van der Waals surface area contributed by atoms with Gasteiger partial charge in [-0.1, -0.05) is 0 Å². The molecule has 0 amide bonds. The molecule has 0 radical (unpaired) electrons. The van der Waals surface area contributed by atoms with Crippen LogP contribution in [0.1, 0.15) is 0 Å². The van der Waals surface area contributed by atoms with Crippen molar-refractivity contribution in [3.8, 4) is 0 Å². The van der Waals surface area contributed by atoms with Crippen LogP contribution in [0.5, 0.6) is 0 Å². The highest BCUT2D eigenvalue weighted by Crippen LogP contribution is 2.13. The van der Waals surface area contributed by atoms with E-state index >= 15 is 0 Å². The fraction of sp³-hybridized carbons (Fsp3) is 0.286. The van der Waals surface area contributed by atoms with Crippen molar-refractivity contribution >= 4 is 29.7 Å². The number of rotatable bonds is 2. The van der Waals surface area contributed by atoms with Gasteiger partial charge in [0, 0.05) is 6.54 Å². The van der Waals surface area contributed by atoms with Gasteiger partial charge in [-0.05, 0) is 0 Å². The second-order valence-corrected chi connectivity index (χ2v) is 3.31. The molecule has 0 aliphatic heterocycles. The number of nitrogen functional groups attached to an aromatic ring is 1. The van der Waals surface area contributed by atoms with Crippen molar-refractivity contribution in [2.24, 2.45) is 0 Å². The summed E-state index contributed by atoms with van der Waals surface area (Å²) in [6.45, 7) is 0.179. The van der Waals surface area contributed by atoms with E-state index in [2.05, 4.69) is 27.6 Å². The van der Waals surface area contributed by atoms with Crippen LogP contribution in [-0.2, 0) is 6.54 Å². The Balaban J connectivity index is 2.80. The van der Waals surface area contributed by atoms with Gasteiger partial charge in [-0.25, -0.2) is 4.98 Å². The van der Waals surface area contributed by atoms with Crippen LogP contribution >= 0.6 is 12.6 Å². The summed E-state index contributed by atoms with van der Waals surface area (Å²) in [7, 11) is 0. The number of aliphatic hydroxyl groups is 1. The van der Waals surface area contributed by atoms with Gasteiger partial charge in [0.05, 0.1) is 6.61 Å². The smallest absolute Gasteiger partial charge is 0.280 e. The monoisotopic (exact) mass is 227 g/mol. The van der Waals surface area contributed by atoms with E-state index in [-0.39, 0.29) is 24.6 Å². The Bertz CT molecular complexity index is 560. The summed E-state index contributed by atoms with van der Waals surface area (Å²) in [6.07, 6.45) is 0. The second-order valence-electron chi connectivity index (χ2n) is 2.91. The Labute approximate surface area is 89.4 Å². The predicted octanol–water partition coefficient (Wildman–Crippen LogP) is -1.02. The largest absolute Gasteiger partial charge is 0.395 e. The van der Waals surface area contributed by atoms with Gasteiger partial charge in [-0.3, -0.25) is 9.78 Å². The number of thiol groups is 1. The molecule has 0 aliphatic rings. The molecule has 80 valence electrons. The number of anilines is 1. The number of hydrogen-bond acceptors (Lipinski definition) is 6. The van der Waals surface area contributed by atoms with E-state index in [1.54, 1.807) is 0 Å². The maximum Gasteiger partial charge on any atom is 0.280 e. The fourth-order valence-electron chi connectivity index (χ4n) is 1.32. The summed E-state index contributed by atoms with van der Waals surface area (Å²) in [5, 5.41) is 9.15. The maximum absolute atomic E-state index is 11.4. The molecule has 4 N–H and O–H groups in total. The van der Waals surface area contributed by atoms with Gasteiger partial charge < -0.3 is 15.4 Å². The van der Waals surface area contributed by atoms with E-state index in [4.69, 9.17) is 10.8 Å². The third-order valence-corrected chi connectivity index (χ3v) is 2.27. The van der Waals surface area contributed by atoms with E-state index < -0.39 is 5.56 Å². The average molecular weight is 227 g/mol. The van der Waals surface area contributed by atoms with Gasteiger partial charge >= 0.3 is 0 Å². The molecule has 2 aromatic heterocycles. The van der Waals surface area contributed by atoms with Crippen molar-refractivity contribution in [3.05, 3.63) is 10.4 Å². The highest BCUT2D eigenvalue weighted by atomic mass is 32.1. The molecule has 2 heterocycles. The number of H-pyrrole nitrogens is 1. The van der Waals surface area contributed by atoms with Crippen LogP contribution in [0.2, 0.25) is 0 Å². The van der Waals surface area contributed by atoms with E-state index in [0.29, 0.717) is 10.8 Å². The number of nitrogens with zero attached hydrogens (tertiary/aromatic N) is 3. The third-order valence-electron chi connectivity index (χ3n) is 1.93. The van der Waals surface area contributed by atoms with Gasteiger partial charge in [-0.15, -0.1) is 12.6 Å². The summed E-state index contributed by atoms with van der Waals surface area (Å²) < 4.78 is 1.52. The van der Waals surface area contributed by atoms with Gasteiger partial charge in [0.2, 0.25) is 5.95 Å². The van der Waals surface area contributed by atoms with Crippen molar-refractivity contribution in [2.45, 2.75) is 11.7 Å². The van der Waals surface area contributed by atoms with Crippen LogP contribution < -0.4 is 11.3 Å². The molecule has 0 spiro atoms. The number of imidazole rings is 1. The van der Waals surface area contributed by atoms with Gasteiger partial charge in [-0.2, -0.15) is 4.98 Å². The van der Waals surface area contributed by atoms with Crippen LogP contribution in [0.25, 0.3) is 11.2 Å². The first-order valence-electron chi connectivity index (χ1n) is 4.19. The van der Waals surface area contributed by atoms with Crippen LogP contribution in [0.4, 0.5) is 5.95 Å². The van der Waals surface area contributed by atoms with Crippen molar-refractivity contribution in [2.75, 3.05) is 12.3 Å². The second kappa shape index (κ2) is 3.55. The number of nitrogens with one attached hydrogen (secondary N) is 1. The SMILES string of the molecule is Nc1nc2c(nc(S)n2CCO)c(=O)[nH]1. The lowest BCUT2D eigenvalue weighted by Gasteiger charge is -2.01. The Kier molecular flexibility index (Phi) is 2.37. The summed E-state index contributed by atoms with van der Waals surface area (Å²) in [5.74, 6) is 0.0138. The van der Waals surface area contributed by atoms with Crippen molar-refractivity contribution in [1.82, 2.24) is 19.5 Å². The van der Waals surface area contributed by atoms with Crippen molar-refractivity contribution < 1.29 is 5.11 Å². The molecular weight excluding hydrogens is 218 g/mol. The minimum Gasteiger partial charge on any atom is -0.395 e. The summed E-state index contributed by atoms with van der Waals surface area (Å²) in [4.78, 5) is 21.6. The predicted molar refractivity (Wildman–Crippen MR) is 56.9 cm³/mol. The van der Waals surface area contributed by atoms with E-state index in [1.165, 1.54) is 4.57 Å². The number of fused-ring (bicyclic) bond motifs is 1. The molecular formula is C7H9N5O2S. The van der Waals surface area contributed by atoms with Crippen LogP contribution in [0.15, 0.2) is 9.95 Å². The lowest BCUT2D eigenvalue weighted by molar-refractivity contribution is 0.273. The molecule has 8 heteroatoms. The topological polar surface area (TPSA) is 110 Å². The van der Waals surface area contributed by atoms with Gasteiger partial charge in [0.15, 0.2) is 16.3 Å². The quantitative estimate of drug-likeness (QED) is 0.491. The Hall–Kier alpha value is -1.54. The molecule has 0 saturated heterocycles. The molecule has 0 fully saturated rings. The summed E-state index contributed by atoms with van der Waals surface area (Å²) in [6, 6.07) is 0. The zero-order valence-corrected chi connectivity index (χ0v) is 8.53. The molecule has 0 saturated carbocycles. The van der Waals surface area contributed by atoms with Crippen LogP contribution in [0.3, 0.4) is 0 Å². The highest BCUT2D eigenvalue weighted by Gasteiger charge is 2.12. The van der Waals surface area contributed by atoms with E-state index in [0.717, 1.165) is 0 Å². The first kappa shape index (κ1) is 9.99. The van der Waals surface area contributed by atoms with Crippen LogP contribution in [0, 0.1) is 0 Å². The molecule has 2 rings (SSSR count). The normalized spacial score (nSPS) is 11.1. The van der Waals surface area contributed by atoms with Gasteiger partial charge in [0.25, 0.3) is 5.56 Å². The Morgan fingerprint density at radius 3 is 2.93 bits per heavy atom. The molecule has 15 heavy (non-hydrogen) atoms. The van der Waals surface area contributed by atoms with Crippen molar-refractivity contribution in [1.29, 1.82) is 0 Å². The standard InChI is InChI=1S/C7H9N5O2S/c8-6-10-4-3(5(14)11-6)9-7(15)12(4)1-2-13/h13H,1-2H2,(H,9,15)(H3,8,10,11,14). The molecule has 0 atom stereocenters. The maximum atomic E-state index is 11.4. The number of aromatic amines is 1. The first-order chi connectivity index (χ1) is 7.13. The fourth-order valence-corrected chi connectivity index (χ4v) is 1.62.